The number of hydrogen-bond donors (Lipinski definition) is 0. The van der Waals surface area contributed by atoms with Crippen LogP contribution >= 0.6 is 0 Å². The number of benzene rings is 1. The number of aromatic nitrogens is 1. The smallest absolute Gasteiger partial charge is 0.254 e. The maximum Gasteiger partial charge on any atom is 0.254 e. The van der Waals surface area contributed by atoms with E-state index in [-0.39, 0.29) is 11.8 Å². The predicted octanol–water partition coefficient (Wildman–Crippen LogP) is 2.95. The van der Waals surface area contributed by atoms with Crippen LogP contribution in [0.4, 0.5) is 0 Å². The number of nitrogens with zero attached hydrogens (tertiary/aromatic N) is 4. The summed E-state index contributed by atoms with van der Waals surface area (Å²) in [6.45, 7) is 7.70. The van der Waals surface area contributed by atoms with Crippen molar-refractivity contribution in [1.29, 1.82) is 5.26 Å². The Balaban J connectivity index is 1.84. The SMILES string of the molecule is CC(C)CN1CCN(C(=O)c2cccc(-c3ncccc3C#N)c2)C(C)C1=O. The van der Waals surface area contributed by atoms with Crippen LogP contribution in [0, 0.1) is 17.2 Å². The van der Waals surface area contributed by atoms with Gasteiger partial charge in [0.15, 0.2) is 0 Å². The molecule has 0 radical (unpaired) electrons. The van der Waals surface area contributed by atoms with E-state index in [2.05, 4.69) is 24.9 Å². The minimum absolute atomic E-state index is 0.0130. The van der Waals surface area contributed by atoms with E-state index in [1.807, 2.05) is 11.0 Å². The number of carbonyl (C=O) groups excluding carboxylic acids is 2. The second-order valence-electron chi connectivity index (χ2n) is 7.44. The second-order valence-corrected chi connectivity index (χ2v) is 7.44. The van der Waals surface area contributed by atoms with Gasteiger partial charge in [-0.05, 0) is 37.1 Å². The lowest BCUT2D eigenvalue weighted by molar-refractivity contribution is -0.140. The lowest BCUT2D eigenvalue weighted by Crippen LogP contribution is -2.58. The van der Waals surface area contributed by atoms with Gasteiger partial charge in [-0.3, -0.25) is 14.6 Å². The molecule has 1 saturated heterocycles. The number of amides is 2. The van der Waals surface area contributed by atoms with Gasteiger partial charge in [-0.25, -0.2) is 0 Å². The molecule has 0 spiro atoms. The quantitative estimate of drug-likeness (QED) is 0.822. The normalized spacial score (nSPS) is 17.0. The highest BCUT2D eigenvalue weighted by atomic mass is 16.2. The molecule has 28 heavy (non-hydrogen) atoms. The Morgan fingerprint density at radius 3 is 2.79 bits per heavy atom. The molecule has 1 fully saturated rings. The monoisotopic (exact) mass is 376 g/mol. The molecule has 1 aromatic carbocycles. The Labute approximate surface area is 165 Å². The number of pyridine rings is 1. The number of rotatable bonds is 4. The van der Waals surface area contributed by atoms with Crippen LogP contribution in [0.15, 0.2) is 42.6 Å². The summed E-state index contributed by atoms with van der Waals surface area (Å²) in [5.74, 6) is 0.199. The first kappa shape index (κ1) is 19.6. The van der Waals surface area contributed by atoms with Crippen molar-refractivity contribution in [3.63, 3.8) is 0 Å². The fourth-order valence-corrected chi connectivity index (χ4v) is 3.52. The minimum atomic E-state index is -0.492. The largest absolute Gasteiger partial charge is 0.339 e. The predicted molar refractivity (Wildman–Crippen MR) is 106 cm³/mol. The molecule has 2 heterocycles. The third-order valence-corrected chi connectivity index (χ3v) is 4.90. The van der Waals surface area contributed by atoms with Gasteiger partial charge in [0.25, 0.3) is 5.91 Å². The van der Waals surface area contributed by atoms with Crippen molar-refractivity contribution in [3.8, 4) is 17.3 Å². The molecule has 144 valence electrons. The highest BCUT2D eigenvalue weighted by molar-refractivity contribution is 5.99. The Hall–Kier alpha value is -3.20. The molecule has 0 saturated carbocycles. The zero-order chi connectivity index (χ0) is 20.3. The van der Waals surface area contributed by atoms with Gasteiger partial charge in [-0.2, -0.15) is 5.26 Å². The Morgan fingerprint density at radius 1 is 1.29 bits per heavy atom. The van der Waals surface area contributed by atoms with Gasteiger partial charge in [0.05, 0.1) is 11.3 Å². The van der Waals surface area contributed by atoms with Crippen LogP contribution in [0.3, 0.4) is 0 Å². The van der Waals surface area contributed by atoms with Crippen molar-refractivity contribution < 1.29 is 9.59 Å². The van der Waals surface area contributed by atoms with E-state index in [9.17, 15) is 14.9 Å². The lowest BCUT2D eigenvalue weighted by Gasteiger charge is -2.39. The number of piperazine rings is 1. The third kappa shape index (κ3) is 3.89. The third-order valence-electron chi connectivity index (χ3n) is 4.90. The standard InChI is InChI=1S/C22H24N4O2/c1-15(2)14-25-10-11-26(16(3)21(25)27)22(28)18-7-4-6-17(12-18)20-19(13-23)8-5-9-24-20/h4-9,12,15-16H,10-11,14H2,1-3H3. The molecule has 0 aliphatic carbocycles. The molecule has 2 aromatic rings. The second kappa shape index (κ2) is 8.22. The summed E-state index contributed by atoms with van der Waals surface area (Å²) in [6.07, 6.45) is 1.62. The maximum absolute atomic E-state index is 13.1. The van der Waals surface area contributed by atoms with E-state index in [4.69, 9.17) is 0 Å². The maximum atomic E-state index is 13.1. The molecule has 1 atom stereocenters. The summed E-state index contributed by atoms with van der Waals surface area (Å²) in [6, 6.07) is 12.1. The molecule has 2 amide bonds. The fraction of sp³-hybridized carbons (Fsp3) is 0.364. The topological polar surface area (TPSA) is 77.3 Å². The van der Waals surface area contributed by atoms with Gasteiger partial charge in [0, 0.05) is 37.0 Å². The molecule has 1 unspecified atom stereocenters. The van der Waals surface area contributed by atoms with Crippen LogP contribution in [0.1, 0.15) is 36.7 Å². The minimum Gasteiger partial charge on any atom is -0.339 e. The molecule has 3 rings (SSSR count). The highest BCUT2D eigenvalue weighted by Crippen LogP contribution is 2.23. The van der Waals surface area contributed by atoms with Crippen LogP contribution in [-0.4, -0.2) is 52.3 Å². The first-order chi connectivity index (χ1) is 13.4. The van der Waals surface area contributed by atoms with Crippen LogP contribution in [0.25, 0.3) is 11.3 Å². The average Bonchev–Trinajstić information content (AvgIpc) is 2.71. The van der Waals surface area contributed by atoms with E-state index in [1.54, 1.807) is 48.4 Å². The van der Waals surface area contributed by atoms with Crippen LogP contribution in [0.5, 0.6) is 0 Å². The van der Waals surface area contributed by atoms with Crippen molar-refractivity contribution in [1.82, 2.24) is 14.8 Å². The highest BCUT2D eigenvalue weighted by Gasteiger charge is 2.34. The van der Waals surface area contributed by atoms with Crippen molar-refractivity contribution in [2.24, 2.45) is 5.92 Å². The first-order valence-electron chi connectivity index (χ1n) is 9.47. The number of nitriles is 1. The molecule has 0 bridgehead atoms. The van der Waals surface area contributed by atoms with Gasteiger partial charge < -0.3 is 9.80 Å². The first-order valence-corrected chi connectivity index (χ1v) is 9.47. The van der Waals surface area contributed by atoms with E-state index < -0.39 is 6.04 Å². The molecular weight excluding hydrogens is 352 g/mol. The van der Waals surface area contributed by atoms with Crippen LogP contribution < -0.4 is 0 Å². The van der Waals surface area contributed by atoms with Gasteiger partial charge >= 0.3 is 0 Å². The van der Waals surface area contributed by atoms with Gasteiger partial charge in [-0.15, -0.1) is 0 Å². The zero-order valence-corrected chi connectivity index (χ0v) is 16.4. The average molecular weight is 376 g/mol. The zero-order valence-electron chi connectivity index (χ0n) is 16.4. The van der Waals surface area contributed by atoms with E-state index in [0.29, 0.717) is 47.9 Å². The Bertz CT molecular complexity index is 932. The van der Waals surface area contributed by atoms with E-state index in [1.165, 1.54) is 0 Å². The summed E-state index contributed by atoms with van der Waals surface area (Å²) in [5, 5.41) is 9.31. The van der Waals surface area contributed by atoms with Gasteiger partial charge in [0.1, 0.15) is 12.1 Å². The summed E-state index contributed by atoms with van der Waals surface area (Å²) in [7, 11) is 0. The Morgan fingerprint density at radius 2 is 2.07 bits per heavy atom. The number of hydrogen-bond acceptors (Lipinski definition) is 4. The summed E-state index contributed by atoms with van der Waals surface area (Å²) >= 11 is 0. The van der Waals surface area contributed by atoms with E-state index in [0.717, 1.165) is 0 Å². The van der Waals surface area contributed by atoms with Crippen molar-refractivity contribution in [2.45, 2.75) is 26.8 Å². The molecular formula is C22H24N4O2. The van der Waals surface area contributed by atoms with Gasteiger partial charge in [0.2, 0.25) is 5.91 Å². The van der Waals surface area contributed by atoms with Gasteiger partial charge in [-0.1, -0.05) is 26.0 Å². The molecule has 6 nitrogen and oxygen atoms in total. The molecule has 1 aliphatic rings. The summed E-state index contributed by atoms with van der Waals surface area (Å²) < 4.78 is 0. The number of carbonyl (C=O) groups is 2. The van der Waals surface area contributed by atoms with Crippen molar-refractivity contribution in [3.05, 3.63) is 53.7 Å². The fourth-order valence-electron chi connectivity index (χ4n) is 3.52. The molecule has 1 aliphatic heterocycles. The molecule has 1 aromatic heterocycles. The summed E-state index contributed by atoms with van der Waals surface area (Å²) in [4.78, 5) is 33.5. The molecule has 0 N–H and O–H groups in total. The lowest BCUT2D eigenvalue weighted by atomic mass is 10.0. The summed E-state index contributed by atoms with van der Waals surface area (Å²) in [5.41, 5.74) is 2.20. The Kier molecular flexibility index (Phi) is 5.74. The van der Waals surface area contributed by atoms with Crippen molar-refractivity contribution >= 4 is 11.8 Å². The van der Waals surface area contributed by atoms with E-state index >= 15 is 0 Å². The molecule has 6 heteroatoms. The van der Waals surface area contributed by atoms with Crippen LogP contribution in [-0.2, 0) is 4.79 Å². The van der Waals surface area contributed by atoms with Crippen molar-refractivity contribution in [2.75, 3.05) is 19.6 Å². The van der Waals surface area contributed by atoms with Crippen LogP contribution in [0.2, 0.25) is 0 Å².